The molecular weight excluding hydrogens is 318 g/mol. The van der Waals surface area contributed by atoms with Crippen molar-refractivity contribution in [2.45, 2.75) is 18.9 Å². The van der Waals surface area contributed by atoms with Crippen LogP contribution in [-0.4, -0.2) is 22.9 Å². The monoisotopic (exact) mass is 337 g/mol. The second kappa shape index (κ2) is 5.91. The predicted octanol–water partition coefficient (Wildman–Crippen LogP) is 3.26. The quantitative estimate of drug-likeness (QED) is 0.855. The van der Waals surface area contributed by atoms with E-state index in [1.165, 1.54) is 16.7 Å². The number of benzene rings is 2. The van der Waals surface area contributed by atoms with E-state index in [1.54, 1.807) is 7.11 Å². The molecule has 0 spiro atoms. The van der Waals surface area contributed by atoms with Gasteiger partial charge in [0, 0.05) is 11.5 Å². The lowest BCUT2D eigenvalue weighted by Gasteiger charge is -2.29. The van der Waals surface area contributed by atoms with Gasteiger partial charge in [0.2, 0.25) is 0 Å². The number of nitrogens with zero attached hydrogens (tertiary/aromatic N) is 2. The van der Waals surface area contributed by atoms with Gasteiger partial charge in [-0.3, -0.25) is 0 Å². The van der Waals surface area contributed by atoms with E-state index >= 15 is 0 Å². The Balaban J connectivity index is 1.79. The summed E-state index contributed by atoms with van der Waals surface area (Å²) in [6, 6.07) is 16.6. The summed E-state index contributed by atoms with van der Waals surface area (Å²) in [4.78, 5) is 0. The molecule has 4 rings (SSSR count). The van der Waals surface area contributed by atoms with Gasteiger partial charge in [-0.1, -0.05) is 30.3 Å². The molecule has 0 bridgehead atoms. The van der Waals surface area contributed by atoms with E-state index in [1.807, 2.05) is 29.3 Å². The Morgan fingerprint density at radius 1 is 1.25 bits per heavy atom. The van der Waals surface area contributed by atoms with Crippen LogP contribution in [0.3, 0.4) is 0 Å². The fourth-order valence-corrected chi connectivity index (χ4v) is 3.95. The molecule has 1 aliphatic carbocycles. The van der Waals surface area contributed by atoms with Crippen LogP contribution in [0.1, 0.15) is 29.2 Å². The minimum atomic E-state index is 0.0777. The number of fused-ring (bicyclic) bond motifs is 3. The van der Waals surface area contributed by atoms with Gasteiger partial charge in [0.15, 0.2) is 5.11 Å². The van der Waals surface area contributed by atoms with Crippen LogP contribution in [0, 0.1) is 5.92 Å². The molecule has 2 aromatic carbocycles. The van der Waals surface area contributed by atoms with Crippen molar-refractivity contribution in [2.24, 2.45) is 16.8 Å². The fourth-order valence-electron chi connectivity index (χ4n) is 3.80. The van der Waals surface area contributed by atoms with Gasteiger partial charge >= 0.3 is 0 Å². The first-order valence-electron chi connectivity index (χ1n) is 8.08. The number of methoxy groups -OCH3 is 1. The lowest BCUT2D eigenvalue weighted by molar-refractivity contribution is 0.309. The summed E-state index contributed by atoms with van der Waals surface area (Å²) in [6.07, 6.45) is 2.03. The smallest absolute Gasteiger partial charge is 0.187 e. The van der Waals surface area contributed by atoms with Gasteiger partial charge in [-0.25, -0.2) is 5.01 Å². The zero-order valence-corrected chi connectivity index (χ0v) is 14.3. The largest absolute Gasteiger partial charge is 0.497 e. The Bertz CT molecular complexity index is 819. The van der Waals surface area contributed by atoms with E-state index in [0.29, 0.717) is 11.0 Å². The average Bonchev–Trinajstić information content (AvgIpc) is 3.02. The number of rotatable bonds is 2. The van der Waals surface area contributed by atoms with Crippen LogP contribution in [0.25, 0.3) is 0 Å². The van der Waals surface area contributed by atoms with Crippen molar-refractivity contribution >= 4 is 23.0 Å². The normalized spacial score (nSPS) is 21.7. The third kappa shape index (κ3) is 2.36. The van der Waals surface area contributed by atoms with Crippen LogP contribution >= 0.6 is 12.2 Å². The number of aryl methyl sites for hydroxylation is 1. The molecule has 0 amide bonds. The molecular formula is C19H19N3OS. The van der Waals surface area contributed by atoms with Crippen LogP contribution in [0.15, 0.2) is 53.6 Å². The highest BCUT2D eigenvalue weighted by Crippen LogP contribution is 2.43. The molecule has 1 aliphatic heterocycles. The zero-order valence-electron chi connectivity index (χ0n) is 13.5. The number of hydrogen-bond acceptors (Lipinski definition) is 3. The third-order valence-electron chi connectivity index (χ3n) is 4.89. The zero-order chi connectivity index (χ0) is 16.7. The molecule has 4 nitrogen and oxygen atoms in total. The summed E-state index contributed by atoms with van der Waals surface area (Å²) in [5.41, 5.74) is 10.7. The van der Waals surface area contributed by atoms with Crippen LogP contribution in [0.4, 0.5) is 0 Å². The molecule has 0 saturated heterocycles. The molecule has 2 aliphatic rings. The Labute approximate surface area is 146 Å². The molecule has 122 valence electrons. The van der Waals surface area contributed by atoms with E-state index in [9.17, 15) is 0 Å². The maximum atomic E-state index is 5.98. The predicted molar refractivity (Wildman–Crippen MR) is 99.1 cm³/mol. The highest BCUT2D eigenvalue weighted by atomic mass is 32.1. The first kappa shape index (κ1) is 15.1. The molecule has 0 fully saturated rings. The van der Waals surface area contributed by atoms with Gasteiger partial charge in [0.05, 0.1) is 18.9 Å². The van der Waals surface area contributed by atoms with Crippen molar-refractivity contribution in [3.63, 3.8) is 0 Å². The number of nitrogens with two attached hydrogens (primary N) is 1. The fraction of sp³-hybridized carbons (Fsp3) is 0.263. The van der Waals surface area contributed by atoms with Crippen molar-refractivity contribution in [3.05, 3.63) is 65.2 Å². The number of thiocarbonyl (C=S) groups is 1. The van der Waals surface area contributed by atoms with Crippen LogP contribution in [0.5, 0.6) is 5.75 Å². The molecule has 5 heteroatoms. The molecule has 0 radical (unpaired) electrons. The van der Waals surface area contributed by atoms with Crippen LogP contribution in [-0.2, 0) is 6.42 Å². The lowest BCUT2D eigenvalue weighted by atomic mass is 9.77. The average molecular weight is 337 g/mol. The maximum absolute atomic E-state index is 5.98. The molecule has 0 unspecified atom stereocenters. The lowest BCUT2D eigenvalue weighted by Crippen LogP contribution is -2.35. The van der Waals surface area contributed by atoms with Crippen molar-refractivity contribution in [2.75, 3.05) is 7.11 Å². The Hall–Kier alpha value is -2.40. The standard InChI is InChI=1S/C19H19N3OS/c1-23-14-8-10-15-13(11-14)7-9-16-17(15)21-22(19(20)24)18(16)12-5-3-2-4-6-12/h2-6,8,10-11,16,18H,7,9H2,1H3,(H2,20,24)/t16-,18+/m0/s1. The number of hydrazone groups is 1. The van der Waals surface area contributed by atoms with E-state index < -0.39 is 0 Å². The summed E-state index contributed by atoms with van der Waals surface area (Å²) in [5, 5.41) is 6.94. The molecule has 2 atom stereocenters. The summed E-state index contributed by atoms with van der Waals surface area (Å²) in [5.74, 6) is 1.19. The van der Waals surface area contributed by atoms with Gasteiger partial charge in [-0.15, -0.1) is 0 Å². The first-order valence-corrected chi connectivity index (χ1v) is 8.49. The third-order valence-corrected chi connectivity index (χ3v) is 5.08. The van der Waals surface area contributed by atoms with Gasteiger partial charge < -0.3 is 10.5 Å². The molecule has 2 aromatic rings. The molecule has 1 heterocycles. The second-order valence-corrected chi connectivity index (χ2v) is 6.61. The molecule has 0 aromatic heterocycles. The Kier molecular flexibility index (Phi) is 3.73. The summed E-state index contributed by atoms with van der Waals surface area (Å²) < 4.78 is 5.35. The van der Waals surface area contributed by atoms with Crippen LogP contribution < -0.4 is 10.5 Å². The van der Waals surface area contributed by atoms with Crippen molar-refractivity contribution < 1.29 is 4.74 Å². The van der Waals surface area contributed by atoms with E-state index in [0.717, 1.165) is 24.3 Å². The van der Waals surface area contributed by atoms with Crippen molar-refractivity contribution in [1.82, 2.24) is 5.01 Å². The number of ether oxygens (including phenoxy) is 1. The SMILES string of the molecule is COc1ccc2c(c1)CC[C@H]1C2=NN(C(N)=S)[C@@H]1c1ccccc1. The minimum absolute atomic E-state index is 0.0777. The van der Waals surface area contributed by atoms with Gasteiger partial charge in [-0.2, -0.15) is 5.10 Å². The first-order chi connectivity index (χ1) is 11.7. The van der Waals surface area contributed by atoms with Gasteiger partial charge in [0.1, 0.15) is 5.75 Å². The highest BCUT2D eigenvalue weighted by molar-refractivity contribution is 7.80. The Morgan fingerprint density at radius 3 is 2.75 bits per heavy atom. The molecule has 24 heavy (non-hydrogen) atoms. The van der Waals surface area contributed by atoms with Gasteiger partial charge in [0.25, 0.3) is 0 Å². The summed E-state index contributed by atoms with van der Waals surface area (Å²) in [6.45, 7) is 0. The molecule has 0 saturated carbocycles. The van der Waals surface area contributed by atoms with E-state index in [-0.39, 0.29) is 6.04 Å². The highest BCUT2D eigenvalue weighted by Gasteiger charge is 2.42. The summed E-state index contributed by atoms with van der Waals surface area (Å²) in [7, 11) is 1.69. The second-order valence-electron chi connectivity index (χ2n) is 6.19. The molecule has 2 N–H and O–H groups in total. The van der Waals surface area contributed by atoms with Crippen molar-refractivity contribution in [3.8, 4) is 5.75 Å². The topological polar surface area (TPSA) is 50.8 Å². The Morgan fingerprint density at radius 2 is 2.04 bits per heavy atom. The van der Waals surface area contributed by atoms with E-state index in [4.69, 9.17) is 27.8 Å². The van der Waals surface area contributed by atoms with Crippen molar-refractivity contribution in [1.29, 1.82) is 0 Å². The van der Waals surface area contributed by atoms with Gasteiger partial charge in [-0.05, 0) is 54.4 Å². The van der Waals surface area contributed by atoms with E-state index in [2.05, 4.69) is 24.3 Å². The summed E-state index contributed by atoms with van der Waals surface area (Å²) >= 11 is 5.27. The number of hydrogen-bond donors (Lipinski definition) is 1. The minimum Gasteiger partial charge on any atom is -0.497 e. The van der Waals surface area contributed by atoms with Crippen LogP contribution in [0.2, 0.25) is 0 Å². The maximum Gasteiger partial charge on any atom is 0.187 e.